The van der Waals surface area contributed by atoms with E-state index in [2.05, 4.69) is 6.92 Å². The molecule has 0 aromatic heterocycles. The van der Waals surface area contributed by atoms with Crippen molar-refractivity contribution in [3.8, 4) is 0 Å². The summed E-state index contributed by atoms with van der Waals surface area (Å²) in [7, 11) is 0. The van der Waals surface area contributed by atoms with Gasteiger partial charge in [-0.3, -0.25) is 4.79 Å². The predicted octanol–water partition coefficient (Wildman–Crippen LogP) is 1.65. The first kappa shape index (κ1) is 18.9. The van der Waals surface area contributed by atoms with Crippen molar-refractivity contribution < 1.29 is 25.2 Å². The van der Waals surface area contributed by atoms with E-state index in [1.165, 1.54) is 0 Å². The fourth-order valence-electron chi connectivity index (χ4n) is 7.95. The van der Waals surface area contributed by atoms with Gasteiger partial charge in [-0.25, -0.2) is 0 Å². The molecule has 4 fully saturated rings. The summed E-state index contributed by atoms with van der Waals surface area (Å²) in [5.74, 6) is 0.653. The van der Waals surface area contributed by atoms with E-state index in [4.69, 9.17) is 0 Å². The van der Waals surface area contributed by atoms with Gasteiger partial charge in [-0.1, -0.05) is 13.8 Å². The summed E-state index contributed by atoms with van der Waals surface area (Å²) in [6.07, 6.45) is 5.48. The smallest absolute Gasteiger partial charge is 0.190 e. The zero-order valence-electron chi connectivity index (χ0n) is 16.0. The molecule has 4 aliphatic carbocycles. The molecular weight excluding hydrogens is 332 g/mol. The monoisotopic (exact) mass is 366 g/mol. The van der Waals surface area contributed by atoms with Crippen LogP contribution in [0.25, 0.3) is 0 Å². The molecule has 0 aliphatic heterocycles. The number of hydrogen-bond acceptors (Lipinski definition) is 5. The minimum atomic E-state index is -1.52. The van der Waals surface area contributed by atoms with Gasteiger partial charge in [-0.05, 0) is 80.5 Å². The van der Waals surface area contributed by atoms with Crippen LogP contribution in [0, 0.1) is 34.5 Å². The van der Waals surface area contributed by atoms with E-state index in [9.17, 15) is 25.2 Å². The van der Waals surface area contributed by atoms with Crippen molar-refractivity contribution in [2.45, 2.75) is 83.0 Å². The highest BCUT2D eigenvalue weighted by atomic mass is 16.3. The third kappa shape index (κ3) is 2.27. The molecule has 0 amide bonds. The maximum atomic E-state index is 12.4. The van der Waals surface area contributed by atoms with E-state index >= 15 is 0 Å². The van der Waals surface area contributed by atoms with Gasteiger partial charge in [0.05, 0.1) is 12.2 Å². The maximum Gasteiger partial charge on any atom is 0.190 e. The highest BCUT2D eigenvalue weighted by Gasteiger charge is 2.68. The molecule has 0 heterocycles. The average Bonchev–Trinajstić information content (AvgIpc) is 2.86. The second-order valence-electron chi connectivity index (χ2n) is 10.2. The molecule has 4 rings (SSSR count). The molecule has 0 aromatic rings. The Morgan fingerprint density at radius 1 is 1.08 bits per heavy atom. The minimum Gasteiger partial charge on any atom is -0.393 e. The van der Waals surface area contributed by atoms with Crippen molar-refractivity contribution in [1.29, 1.82) is 0 Å². The molecule has 5 nitrogen and oxygen atoms in total. The van der Waals surface area contributed by atoms with Gasteiger partial charge in [0.15, 0.2) is 5.78 Å². The van der Waals surface area contributed by atoms with E-state index in [-0.39, 0.29) is 23.4 Å². The number of rotatable bonds is 2. The highest BCUT2D eigenvalue weighted by molar-refractivity contribution is 5.89. The molecule has 0 unspecified atom stereocenters. The fourth-order valence-corrected chi connectivity index (χ4v) is 7.95. The predicted molar refractivity (Wildman–Crippen MR) is 96.2 cm³/mol. The SMILES string of the molecule is C[C@]12CC[C@@H](O)C[C@@H]1CC[C@@H]1[C@H]2[C@@H](O)C[C@@]2(C)[C@H]1CC[C@]2(O)C(=O)CO. The van der Waals surface area contributed by atoms with E-state index < -0.39 is 29.5 Å². The number of aliphatic hydroxyl groups is 4. The Labute approximate surface area is 155 Å². The lowest BCUT2D eigenvalue weighted by Gasteiger charge is -2.62. The van der Waals surface area contributed by atoms with Crippen molar-refractivity contribution in [2.75, 3.05) is 6.61 Å². The quantitative estimate of drug-likeness (QED) is 0.596. The second kappa shape index (κ2) is 6.00. The Hall–Kier alpha value is -0.490. The Morgan fingerprint density at radius 3 is 2.50 bits per heavy atom. The largest absolute Gasteiger partial charge is 0.393 e. The topological polar surface area (TPSA) is 98.0 Å². The highest BCUT2D eigenvalue weighted by Crippen LogP contribution is 2.68. The standard InChI is InChI=1S/C21H34O5/c1-19-7-5-13(23)9-12(19)3-4-14-15-6-8-21(26,17(25)11-22)20(15,2)10-16(24)18(14)19/h12-16,18,22-24,26H,3-11H2,1-2H3/t12-,13+,14-,15-,16-,18-,19-,20-,21-/m0/s1. The van der Waals surface area contributed by atoms with Gasteiger partial charge in [-0.2, -0.15) is 0 Å². The lowest BCUT2D eigenvalue weighted by atomic mass is 9.43. The molecule has 4 saturated carbocycles. The fraction of sp³-hybridized carbons (Fsp3) is 0.952. The van der Waals surface area contributed by atoms with Gasteiger partial charge >= 0.3 is 0 Å². The van der Waals surface area contributed by atoms with Crippen LogP contribution in [0.1, 0.15) is 65.2 Å². The van der Waals surface area contributed by atoms with Crippen molar-refractivity contribution in [2.24, 2.45) is 34.5 Å². The van der Waals surface area contributed by atoms with Gasteiger partial charge in [0.1, 0.15) is 12.2 Å². The Bertz CT molecular complexity index is 593. The van der Waals surface area contributed by atoms with E-state index in [1.807, 2.05) is 6.92 Å². The van der Waals surface area contributed by atoms with Gasteiger partial charge in [0.2, 0.25) is 0 Å². The van der Waals surface area contributed by atoms with Crippen LogP contribution in [0.3, 0.4) is 0 Å². The summed E-state index contributed by atoms with van der Waals surface area (Å²) in [4.78, 5) is 12.4. The molecule has 0 saturated heterocycles. The lowest BCUT2D eigenvalue weighted by Crippen LogP contribution is -2.63. The van der Waals surface area contributed by atoms with Crippen LogP contribution in [0.15, 0.2) is 0 Å². The Kier molecular flexibility index (Phi) is 4.35. The summed E-state index contributed by atoms with van der Waals surface area (Å²) in [6, 6.07) is 0. The van der Waals surface area contributed by atoms with E-state index in [0.29, 0.717) is 24.7 Å². The first-order valence-electron chi connectivity index (χ1n) is 10.4. The molecule has 0 aromatic carbocycles. The van der Waals surface area contributed by atoms with E-state index in [1.54, 1.807) is 0 Å². The zero-order chi connectivity index (χ0) is 18.9. The van der Waals surface area contributed by atoms with Gasteiger partial charge in [0, 0.05) is 5.41 Å². The Morgan fingerprint density at radius 2 is 1.81 bits per heavy atom. The maximum absolute atomic E-state index is 12.4. The molecule has 0 bridgehead atoms. The van der Waals surface area contributed by atoms with Crippen molar-refractivity contribution in [3.63, 3.8) is 0 Å². The number of Topliss-reactive ketones (excluding diaryl/α,β-unsaturated/α-hetero) is 1. The molecular formula is C21H34O5. The van der Waals surface area contributed by atoms with Crippen LogP contribution in [0.4, 0.5) is 0 Å². The van der Waals surface area contributed by atoms with Crippen molar-refractivity contribution in [3.05, 3.63) is 0 Å². The van der Waals surface area contributed by atoms with Crippen molar-refractivity contribution >= 4 is 5.78 Å². The first-order chi connectivity index (χ1) is 12.2. The van der Waals surface area contributed by atoms with Crippen LogP contribution < -0.4 is 0 Å². The minimum absolute atomic E-state index is 0.0323. The van der Waals surface area contributed by atoms with Gasteiger partial charge < -0.3 is 20.4 Å². The van der Waals surface area contributed by atoms with E-state index in [0.717, 1.165) is 38.5 Å². The van der Waals surface area contributed by atoms with Crippen LogP contribution in [0.5, 0.6) is 0 Å². The summed E-state index contributed by atoms with van der Waals surface area (Å²) in [5.41, 5.74) is -2.14. The molecule has 4 aliphatic rings. The third-order valence-corrected chi connectivity index (χ3v) is 9.33. The number of carbonyl (C=O) groups excluding carboxylic acids is 1. The van der Waals surface area contributed by atoms with Crippen LogP contribution in [-0.2, 0) is 4.79 Å². The molecule has 5 heteroatoms. The van der Waals surface area contributed by atoms with Gasteiger partial charge in [-0.15, -0.1) is 0 Å². The average molecular weight is 366 g/mol. The van der Waals surface area contributed by atoms with Crippen LogP contribution in [0.2, 0.25) is 0 Å². The van der Waals surface area contributed by atoms with Crippen LogP contribution >= 0.6 is 0 Å². The number of hydrogen-bond donors (Lipinski definition) is 4. The first-order valence-corrected chi connectivity index (χ1v) is 10.4. The zero-order valence-corrected chi connectivity index (χ0v) is 16.0. The summed E-state index contributed by atoms with van der Waals surface area (Å²) < 4.78 is 0. The second-order valence-corrected chi connectivity index (χ2v) is 10.2. The van der Waals surface area contributed by atoms with Crippen LogP contribution in [-0.4, -0.2) is 50.6 Å². The number of carbonyl (C=O) groups is 1. The molecule has 148 valence electrons. The van der Waals surface area contributed by atoms with Gasteiger partial charge in [0.25, 0.3) is 0 Å². The molecule has 4 N–H and O–H groups in total. The normalized spacial score (nSPS) is 56.4. The lowest BCUT2D eigenvalue weighted by molar-refractivity contribution is -0.202. The Balaban J connectivity index is 1.69. The van der Waals surface area contributed by atoms with Crippen molar-refractivity contribution in [1.82, 2.24) is 0 Å². The molecule has 9 atom stereocenters. The molecule has 26 heavy (non-hydrogen) atoms. The summed E-state index contributed by atoms with van der Waals surface area (Å²) in [5, 5.41) is 41.9. The number of ketones is 1. The molecule has 0 radical (unpaired) electrons. The molecule has 0 spiro atoms. The number of fused-ring (bicyclic) bond motifs is 5. The summed E-state index contributed by atoms with van der Waals surface area (Å²) in [6.45, 7) is 3.61. The third-order valence-electron chi connectivity index (χ3n) is 9.33. The summed E-state index contributed by atoms with van der Waals surface area (Å²) >= 11 is 0. The number of aliphatic hydroxyl groups excluding tert-OH is 3.